The summed E-state index contributed by atoms with van der Waals surface area (Å²) >= 11 is 1.84. The molecule has 0 aliphatic rings. The summed E-state index contributed by atoms with van der Waals surface area (Å²) < 4.78 is 0. The first-order chi connectivity index (χ1) is 6.05. The molecular formula is C11H19NS. The summed E-state index contributed by atoms with van der Waals surface area (Å²) in [6.07, 6.45) is 0. The van der Waals surface area contributed by atoms with Crippen LogP contribution in [-0.4, -0.2) is 6.54 Å². The van der Waals surface area contributed by atoms with Crippen LogP contribution in [0.15, 0.2) is 17.5 Å². The molecule has 0 spiro atoms. The van der Waals surface area contributed by atoms with Gasteiger partial charge in [0.2, 0.25) is 0 Å². The van der Waals surface area contributed by atoms with Crippen LogP contribution in [0.5, 0.6) is 0 Å². The predicted molar refractivity (Wildman–Crippen MR) is 60.2 cm³/mol. The molecule has 1 unspecified atom stereocenters. The van der Waals surface area contributed by atoms with Gasteiger partial charge in [0.15, 0.2) is 0 Å². The summed E-state index contributed by atoms with van der Waals surface area (Å²) in [6.45, 7) is 10.0. The maximum Gasteiger partial charge on any atom is 0.0463 e. The fraction of sp³-hybridized carbons (Fsp3) is 0.636. The summed E-state index contributed by atoms with van der Waals surface area (Å²) in [5, 5.41) is 5.68. The van der Waals surface area contributed by atoms with Crippen LogP contribution in [0.4, 0.5) is 0 Å². The van der Waals surface area contributed by atoms with Crippen molar-refractivity contribution in [3.05, 3.63) is 22.4 Å². The van der Waals surface area contributed by atoms with E-state index in [1.165, 1.54) is 4.88 Å². The van der Waals surface area contributed by atoms with Gasteiger partial charge < -0.3 is 5.32 Å². The number of rotatable bonds is 3. The fourth-order valence-corrected chi connectivity index (χ4v) is 2.54. The zero-order valence-corrected chi connectivity index (χ0v) is 9.74. The van der Waals surface area contributed by atoms with Crippen molar-refractivity contribution in [3.63, 3.8) is 0 Å². The lowest BCUT2D eigenvalue weighted by molar-refractivity contribution is 0.281. The lowest BCUT2D eigenvalue weighted by Gasteiger charge is -2.30. The Morgan fingerprint density at radius 3 is 2.54 bits per heavy atom. The second-order valence-corrected chi connectivity index (χ2v) is 5.35. The van der Waals surface area contributed by atoms with Crippen LogP contribution >= 0.6 is 11.3 Å². The summed E-state index contributed by atoms with van der Waals surface area (Å²) in [6, 6.07) is 4.82. The van der Waals surface area contributed by atoms with Gasteiger partial charge in [0.25, 0.3) is 0 Å². The van der Waals surface area contributed by atoms with E-state index in [9.17, 15) is 0 Å². The van der Waals surface area contributed by atoms with Crippen LogP contribution in [0.25, 0.3) is 0 Å². The first kappa shape index (κ1) is 10.7. The summed E-state index contributed by atoms with van der Waals surface area (Å²) in [5.41, 5.74) is 0.293. The Morgan fingerprint density at radius 2 is 2.15 bits per heavy atom. The Bertz CT molecular complexity index is 233. The molecule has 74 valence electrons. The maximum absolute atomic E-state index is 3.54. The lowest BCUT2D eigenvalue weighted by Crippen LogP contribution is -2.31. The Hall–Kier alpha value is -0.340. The van der Waals surface area contributed by atoms with Gasteiger partial charge in [0.1, 0.15) is 0 Å². The third kappa shape index (κ3) is 2.82. The second kappa shape index (κ2) is 4.25. The molecule has 0 saturated heterocycles. The van der Waals surface area contributed by atoms with Crippen LogP contribution in [0.3, 0.4) is 0 Å². The molecule has 1 heterocycles. The number of hydrogen-bond acceptors (Lipinski definition) is 2. The van der Waals surface area contributed by atoms with E-state index in [4.69, 9.17) is 0 Å². The highest BCUT2D eigenvalue weighted by Crippen LogP contribution is 2.34. The van der Waals surface area contributed by atoms with Crippen LogP contribution in [0, 0.1) is 5.41 Å². The third-order valence-corrected chi connectivity index (χ3v) is 3.04. The molecule has 0 aromatic carbocycles. The molecule has 0 aliphatic heterocycles. The predicted octanol–water partition coefficient (Wildman–Crippen LogP) is 3.44. The molecule has 0 amide bonds. The summed E-state index contributed by atoms with van der Waals surface area (Å²) in [5.74, 6) is 0. The molecule has 0 radical (unpaired) electrons. The van der Waals surface area contributed by atoms with Gasteiger partial charge in [-0.2, -0.15) is 0 Å². The Labute approximate surface area is 85.2 Å². The van der Waals surface area contributed by atoms with E-state index >= 15 is 0 Å². The van der Waals surface area contributed by atoms with Gasteiger partial charge in [-0.1, -0.05) is 33.8 Å². The van der Waals surface area contributed by atoms with E-state index in [2.05, 4.69) is 50.5 Å². The number of nitrogens with one attached hydrogen (secondary N) is 1. The largest absolute Gasteiger partial charge is 0.309 e. The number of thiophene rings is 1. The van der Waals surface area contributed by atoms with Gasteiger partial charge in [0, 0.05) is 10.9 Å². The van der Waals surface area contributed by atoms with E-state index in [0.717, 1.165) is 6.54 Å². The molecule has 2 heteroatoms. The van der Waals surface area contributed by atoms with Crippen LogP contribution in [0.1, 0.15) is 38.6 Å². The molecule has 1 aromatic rings. The molecule has 13 heavy (non-hydrogen) atoms. The monoisotopic (exact) mass is 197 g/mol. The summed E-state index contributed by atoms with van der Waals surface area (Å²) in [4.78, 5) is 1.44. The normalized spacial score (nSPS) is 14.5. The Morgan fingerprint density at radius 1 is 1.46 bits per heavy atom. The average Bonchev–Trinajstić information content (AvgIpc) is 2.49. The van der Waals surface area contributed by atoms with E-state index in [1.54, 1.807) is 0 Å². The van der Waals surface area contributed by atoms with Crippen molar-refractivity contribution in [2.24, 2.45) is 5.41 Å². The third-order valence-electron chi connectivity index (χ3n) is 2.10. The van der Waals surface area contributed by atoms with Gasteiger partial charge in [-0.15, -0.1) is 11.3 Å². The standard InChI is InChI=1S/C11H19NS/c1-5-12-10(11(2,3)4)9-7-6-8-13-9/h6-8,10,12H,5H2,1-4H3. The van der Waals surface area contributed by atoms with Crippen LogP contribution in [-0.2, 0) is 0 Å². The van der Waals surface area contributed by atoms with Crippen molar-refractivity contribution < 1.29 is 0 Å². The molecular weight excluding hydrogens is 178 g/mol. The zero-order valence-electron chi connectivity index (χ0n) is 8.92. The molecule has 0 aliphatic carbocycles. The summed E-state index contributed by atoms with van der Waals surface area (Å²) in [7, 11) is 0. The molecule has 0 saturated carbocycles. The quantitative estimate of drug-likeness (QED) is 0.782. The first-order valence-electron chi connectivity index (χ1n) is 4.82. The van der Waals surface area contributed by atoms with Crippen molar-refractivity contribution in [1.82, 2.24) is 5.32 Å². The fourth-order valence-electron chi connectivity index (χ4n) is 1.49. The van der Waals surface area contributed by atoms with Crippen molar-refractivity contribution in [3.8, 4) is 0 Å². The highest BCUT2D eigenvalue weighted by Gasteiger charge is 2.25. The highest BCUT2D eigenvalue weighted by molar-refractivity contribution is 7.10. The maximum atomic E-state index is 3.54. The van der Waals surface area contributed by atoms with Crippen molar-refractivity contribution in [1.29, 1.82) is 0 Å². The van der Waals surface area contributed by atoms with E-state index in [1.807, 2.05) is 11.3 Å². The molecule has 1 atom stereocenters. The minimum absolute atomic E-state index is 0.293. The Balaban J connectivity index is 2.81. The van der Waals surface area contributed by atoms with Crippen LogP contribution in [0.2, 0.25) is 0 Å². The first-order valence-corrected chi connectivity index (χ1v) is 5.70. The van der Waals surface area contributed by atoms with E-state index < -0.39 is 0 Å². The SMILES string of the molecule is CCNC(c1cccs1)C(C)(C)C. The van der Waals surface area contributed by atoms with Gasteiger partial charge in [-0.05, 0) is 23.4 Å². The molecule has 1 nitrogen and oxygen atoms in total. The van der Waals surface area contributed by atoms with Gasteiger partial charge >= 0.3 is 0 Å². The Kier molecular flexibility index (Phi) is 3.51. The zero-order chi connectivity index (χ0) is 9.90. The molecule has 1 aromatic heterocycles. The second-order valence-electron chi connectivity index (χ2n) is 4.37. The van der Waals surface area contributed by atoms with Crippen molar-refractivity contribution >= 4 is 11.3 Å². The van der Waals surface area contributed by atoms with Crippen LogP contribution < -0.4 is 5.32 Å². The van der Waals surface area contributed by atoms with Crippen molar-refractivity contribution in [2.45, 2.75) is 33.7 Å². The van der Waals surface area contributed by atoms with E-state index in [0.29, 0.717) is 11.5 Å². The minimum atomic E-state index is 0.293. The molecule has 1 rings (SSSR count). The van der Waals surface area contributed by atoms with Crippen molar-refractivity contribution in [2.75, 3.05) is 6.54 Å². The molecule has 0 bridgehead atoms. The van der Waals surface area contributed by atoms with Gasteiger partial charge in [-0.3, -0.25) is 0 Å². The molecule has 0 fully saturated rings. The minimum Gasteiger partial charge on any atom is -0.309 e. The average molecular weight is 197 g/mol. The molecule has 1 N–H and O–H groups in total. The smallest absolute Gasteiger partial charge is 0.0463 e. The van der Waals surface area contributed by atoms with E-state index in [-0.39, 0.29) is 0 Å². The van der Waals surface area contributed by atoms with Gasteiger partial charge in [-0.25, -0.2) is 0 Å². The highest BCUT2D eigenvalue weighted by atomic mass is 32.1. The lowest BCUT2D eigenvalue weighted by atomic mass is 9.86. The number of hydrogen-bond donors (Lipinski definition) is 1. The van der Waals surface area contributed by atoms with Gasteiger partial charge in [0.05, 0.1) is 0 Å². The topological polar surface area (TPSA) is 12.0 Å².